The molecule has 0 amide bonds. The molecule has 2 aliphatic rings. The predicted molar refractivity (Wildman–Crippen MR) is 126 cm³/mol. The lowest BCUT2D eigenvalue weighted by Crippen LogP contribution is -2.32. The van der Waals surface area contributed by atoms with Crippen molar-refractivity contribution < 1.29 is 9.47 Å². The summed E-state index contributed by atoms with van der Waals surface area (Å²) in [7, 11) is -0.766. The quantitative estimate of drug-likeness (QED) is 0.313. The Morgan fingerprint density at radius 2 is 1.29 bits per heavy atom. The van der Waals surface area contributed by atoms with Crippen molar-refractivity contribution in [3.63, 3.8) is 0 Å². The molecule has 31 heavy (non-hydrogen) atoms. The summed E-state index contributed by atoms with van der Waals surface area (Å²) in [6, 6.07) is 31.3. The molecular formula is C27H16NO2P. The van der Waals surface area contributed by atoms with Gasteiger partial charge in [-0.15, -0.1) is 0 Å². The van der Waals surface area contributed by atoms with Crippen molar-refractivity contribution in [1.82, 2.24) is 4.98 Å². The number of pyridine rings is 1. The highest BCUT2D eigenvalue weighted by Gasteiger charge is 2.38. The molecule has 2 aliphatic heterocycles. The molecule has 3 heterocycles. The molecule has 4 aromatic carbocycles. The smallest absolute Gasteiger partial charge is 0.147 e. The van der Waals surface area contributed by atoms with Crippen LogP contribution in [0.2, 0.25) is 0 Å². The highest BCUT2D eigenvalue weighted by atomic mass is 31.1. The summed E-state index contributed by atoms with van der Waals surface area (Å²) in [4.78, 5) is 4.54. The predicted octanol–water partition coefficient (Wildman–Crippen LogP) is 5.87. The third-order valence-corrected chi connectivity index (χ3v) is 8.47. The van der Waals surface area contributed by atoms with Gasteiger partial charge in [-0.1, -0.05) is 54.6 Å². The number of para-hydroxylation sites is 3. The minimum atomic E-state index is -0.766. The van der Waals surface area contributed by atoms with Gasteiger partial charge in [0.2, 0.25) is 0 Å². The number of rotatable bonds is 1. The molecule has 0 N–H and O–H groups in total. The van der Waals surface area contributed by atoms with Gasteiger partial charge in [0.05, 0.1) is 10.8 Å². The van der Waals surface area contributed by atoms with E-state index in [1.54, 1.807) is 0 Å². The van der Waals surface area contributed by atoms with Gasteiger partial charge < -0.3 is 9.47 Å². The third-order valence-electron chi connectivity index (χ3n) is 5.90. The number of hydrogen-bond acceptors (Lipinski definition) is 3. The molecule has 0 saturated heterocycles. The molecule has 3 nitrogen and oxygen atoms in total. The standard InChI is InChI=1S/C27H16NO2P/c1-2-8-20-18(7-1)17(15-16-28-20)19-13-14-23-27-26(19)30-22-10-4-6-12-25(22)31(27)24-11-5-3-9-21(24)29-23/h1-16H. The van der Waals surface area contributed by atoms with Crippen LogP contribution in [0.1, 0.15) is 0 Å². The summed E-state index contributed by atoms with van der Waals surface area (Å²) >= 11 is 0. The Balaban J connectivity index is 1.56. The molecular weight excluding hydrogens is 401 g/mol. The van der Waals surface area contributed by atoms with Crippen molar-refractivity contribution in [1.29, 1.82) is 0 Å². The second-order valence-electron chi connectivity index (χ2n) is 7.64. The van der Waals surface area contributed by atoms with Crippen LogP contribution in [0.4, 0.5) is 0 Å². The zero-order valence-electron chi connectivity index (χ0n) is 16.4. The molecule has 4 heteroatoms. The van der Waals surface area contributed by atoms with Gasteiger partial charge in [0.1, 0.15) is 23.0 Å². The molecule has 146 valence electrons. The van der Waals surface area contributed by atoms with Crippen LogP contribution in [0.3, 0.4) is 0 Å². The van der Waals surface area contributed by atoms with Crippen LogP contribution in [0, 0.1) is 0 Å². The monoisotopic (exact) mass is 417 g/mol. The Labute approximate surface area is 180 Å². The summed E-state index contributed by atoms with van der Waals surface area (Å²) in [6.45, 7) is 0. The molecule has 0 saturated carbocycles. The summed E-state index contributed by atoms with van der Waals surface area (Å²) in [5.74, 6) is 3.64. The van der Waals surface area contributed by atoms with E-state index in [9.17, 15) is 0 Å². The van der Waals surface area contributed by atoms with Crippen molar-refractivity contribution in [2.24, 2.45) is 0 Å². The van der Waals surface area contributed by atoms with Crippen LogP contribution in [0.5, 0.6) is 23.0 Å². The number of nitrogens with zero attached hydrogens (tertiary/aromatic N) is 1. The summed E-state index contributed by atoms with van der Waals surface area (Å²) in [5, 5.41) is 4.74. The molecule has 5 aromatic rings. The van der Waals surface area contributed by atoms with Gasteiger partial charge in [-0.2, -0.15) is 0 Å². The summed E-state index contributed by atoms with van der Waals surface area (Å²) in [6.07, 6.45) is 1.87. The minimum absolute atomic E-state index is 0.766. The molecule has 7 rings (SSSR count). The maximum absolute atomic E-state index is 6.59. The number of ether oxygens (including phenoxy) is 2. The zero-order chi connectivity index (χ0) is 20.4. The molecule has 0 spiro atoms. The maximum Gasteiger partial charge on any atom is 0.147 e. The van der Waals surface area contributed by atoms with Gasteiger partial charge in [-0.3, -0.25) is 4.98 Å². The second kappa shape index (κ2) is 6.41. The van der Waals surface area contributed by atoms with Gasteiger partial charge in [-0.25, -0.2) is 0 Å². The van der Waals surface area contributed by atoms with Crippen molar-refractivity contribution >= 4 is 34.7 Å². The van der Waals surface area contributed by atoms with E-state index in [-0.39, 0.29) is 0 Å². The molecule has 0 fully saturated rings. The Kier molecular flexibility index (Phi) is 3.52. The molecule has 0 radical (unpaired) electrons. The fourth-order valence-electron chi connectivity index (χ4n) is 4.55. The Morgan fingerprint density at radius 3 is 2.13 bits per heavy atom. The van der Waals surface area contributed by atoms with Crippen LogP contribution >= 0.6 is 7.92 Å². The number of hydrogen-bond donors (Lipinski definition) is 0. The number of benzene rings is 4. The van der Waals surface area contributed by atoms with Crippen LogP contribution in [0.25, 0.3) is 22.0 Å². The van der Waals surface area contributed by atoms with Gasteiger partial charge in [0.25, 0.3) is 0 Å². The fourth-order valence-corrected chi connectivity index (χ4v) is 7.15. The van der Waals surface area contributed by atoms with E-state index >= 15 is 0 Å². The molecule has 0 bridgehead atoms. The first kappa shape index (κ1) is 17.0. The van der Waals surface area contributed by atoms with Gasteiger partial charge >= 0.3 is 0 Å². The van der Waals surface area contributed by atoms with Crippen LogP contribution in [-0.2, 0) is 0 Å². The van der Waals surface area contributed by atoms with E-state index in [0.717, 1.165) is 50.3 Å². The van der Waals surface area contributed by atoms with Crippen LogP contribution in [-0.4, -0.2) is 4.98 Å². The van der Waals surface area contributed by atoms with E-state index in [1.165, 1.54) is 10.6 Å². The maximum atomic E-state index is 6.59. The van der Waals surface area contributed by atoms with E-state index in [1.807, 2.05) is 30.5 Å². The largest absolute Gasteiger partial charge is 0.456 e. The topological polar surface area (TPSA) is 31.4 Å². The Hall–Kier alpha value is -3.68. The zero-order valence-corrected chi connectivity index (χ0v) is 17.3. The van der Waals surface area contributed by atoms with Gasteiger partial charge in [0, 0.05) is 35.7 Å². The average Bonchev–Trinajstić information content (AvgIpc) is 2.84. The lowest BCUT2D eigenvalue weighted by molar-refractivity contribution is 0.468. The second-order valence-corrected chi connectivity index (χ2v) is 9.72. The van der Waals surface area contributed by atoms with E-state index in [2.05, 4.69) is 71.7 Å². The Bertz CT molecular complexity index is 1490. The average molecular weight is 417 g/mol. The first-order valence-corrected chi connectivity index (χ1v) is 11.6. The summed E-state index contributed by atoms with van der Waals surface area (Å²) in [5.41, 5.74) is 3.17. The molecule has 1 unspecified atom stereocenters. The molecule has 1 atom stereocenters. The lowest BCUT2D eigenvalue weighted by Gasteiger charge is -2.35. The highest BCUT2D eigenvalue weighted by Crippen LogP contribution is 2.54. The van der Waals surface area contributed by atoms with E-state index in [0.29, 0.717) is 0 Å². The SMILES string of the molecule is c1ccc2c(c1)Oc1ccc(-c3ccnc4ccccc34)c3c1P2c1ccccc1O3. The number of fused-ring (bicyclic) bond motifs is 5. The third kappa shape index (κ3) is 2.41. The first-order chi connectivity index (χ1) is 15.4. The summed E-state index contributed by atoms with van der Waals surface area (Å²) < 4.78 is 12.9. The lowest BCUT2D eigenvalue weighted by atomic mass is 10.00. The van der Waals surface area contributed by atoms with Crippen molar-refractivity contribution in [3.05, 3.63) is 97.2 Å². The van der Waals surface area contributed by atoms with E-state index in [4.69, 9.17) is 9.47 Å². The van der Waals surface area contributed by atoms with Crippen LogP contribution in [0.15, 0.2) is 97.2 Å². The first-order valence-electron chi connectivity index (χ1n) is 10.2. The van der Waals surface area contributed by atoms with Crippen LogP contribution < -0.4 is 25.4 Å². The fraction of sp³-hybridized carbons (Fsp3) is 0. The normalized spacial score (nSPS) is 15.3. The minimum Gasteiger partial charge on any atom is -0.456 e. The van der Waals surface area contributed by atoms with Crippen molar-refractivity contribution in [2.75, 3.05) is 0 Å². The van der Waals surface area contributed by atoms with Crippen molar-refractivity contribution in [2.45, 2.75) is 0 Å². The van der Waals surface area contributed by atoms with Gasteiger partial charge in [0.15, 0.2) is 0 Å². The highest BCUT2D eigenvalue weighted by molar-refractivity contribution is 7.80. The van der Waals surface area contributed by atoms with Crippen molar-refractivity contribution in [3.8, 4) is 34.1 Å². The Morgan fingerprint density at radius 1 is 0.581 bits per heavy atom. The molecule has 1 aromatic heterocycles. The number of aromatic nitrogens is 1. The molecule has 0 aliphatic carbocycles. The van der Waals surface area contributed by atoms with Gasteiger partial charge in [-0.05, 0) is 42.0 Å². The van der Waals surface area contributed by atoms with E-state index < -0.39 is 7.92 Å².